The summed E-state index contributed by atoms with van der Waals surface area (Å²) in [7, 11) is -17.9. The number of ether oxygens (including phenoxy) is 9. The van der Waals surface area contributed by atoms with Crippen LogP contribution < -0.4 is 50.6 Å². The molecule has 9 N–H and O–H groups in total. The first-order chi connectivity index (χ1) is 53.4. The summed E-state index contributed by atoms with van der Waals surface area (Å²) in [5.74, 6) is 0.560. The number of unbranched alkanes of at least 4 members (excludes halogenated alkanes) is 1. The molecule has 7 aromatic rings. The SMILES string of the molecule is CO[C@@H]1[C@H](O)[C@@H](COP(=O)(O)O[C@H]2[C@@H](OC)[C@H](n3ccc(=O)[nH]c3=O)O[C@@H]2COP(=O)(O)O[C@H]2[C@@H](OC)[C@H](n3ccc(=O)[nH]c3=O)O[C@@H]2COP(=O)(O)O[C@H]2[C@@H](OC)[C@H](n3ccc(=O)[nH]c3=O)O[C@@H]2COP(=O)(O)OCCCCOC2CCCCCc3c(-c4ccc5oc(=O)ccc5c4)noc32)O[C@H]1n1ccc(=O)[nH]c1=O. The van der Waals surface area contributed by atoms with Crippen molar-refractivity contribution in [1.29, 1.82) is 0 Å². The topological polar surface area (TPSA) is 602 Å². The van der Waals surface area contributed by atoms with Crippen molar-refractivity contribution in [3.05, 3.63) is 184 Å². The molecule has 112 heavy (non-hydrogen) atoms. The van der Waals surface area contributed by atoms with Gasteiger partial charge in [0.25, 0.3) is 22.2 Å². The van der Waals surface area contributed by atoms with Gasteiger partial charge in [0.2, 0.25) is 0 Å². The summed E-state index contributed by atoms with van der Waals surface area (Å²) in [5, 5.41) is 16.2. The molecule has 5 aliphatic rings. The van der Waals surface area contributed by atoms with Crippen molar-refractivity contribution in [2.45, 2.75) is 149 Å². The number of aliphatic hydroxyl groups is 1. The summed E-state index contributed by atoms with van der Waals surface area (Å²) >= 11 is 0. The molecule has 46 nitrogen and oxygen atoms in total. The highest BCUT2D eigenvalue weighted by Crippen LogP contribution is 2.55. The predicted octanol–water partition coefficient (Wildman–Crippen LogP) is 0.254. The van der Waals surface area contributed by atoms with E-state index in [1.807, 2.05) is 26.0 Å². The van der Waals surface area contributed by atoms with Gasteiger partial charge in [-0.3, -0.25) is 93.6 Å². The van der Waals surface area contributed by atoms with Crippen LogP contribution in [-0.4, -0.2) is 209 Å². The van der Waals surface area contributed by atoms with Gasteiger partial charge in [0.1, 0.15) is 90.6 Å². The van der Waals surface area contributed by atoms with E-state index in [0.29, 0.717) is 41.7 Å². The lowest BCUT2D eigenvalue weighted by molar-refractivity contribution is -0.0679. The minimum absolute atomic E-state index is 0.148. The van der Waals surface area contributed by atoms with Crippen molar-refractivity contribution in [2.24, 2.45) is 0 Å². The number of nitrogens with zero attached hydrogens (tertiary/aromatic N) is 5. The maximum Gasteiger partial charge on any atom is 0.472 e. The number of rotatable bonds is 34. The number of benzene rings is 1. The summed E-state index contributed by atoms with van der Waals surface area (Å²) < 4.78 is 166. The average Bonchev–Trinajstić information content (AvgIpc) is 1.64. The quantitative estimate of drug-likeness (QED) is 0.0148. The van der Waals surface area contributed by atoms with Crippen LogP contribution in [0.25, 0.3) is 22.2 Å². The van der Waals surface area contributed by atoms with Gasteiger partial charge >= 0.3 is 59.7 Å². The Labute approximate surface area is 627 Å². The third-order valence-corrected chi connectivity index (χ3v) is 22.6. The summed E-state index contributed by atoms with van der Waals surface area (Å²) in [4.78, 5) is 166. The van der Waals surface area contributed by atoms with Gasteiger partial charge in [0.05, 0.1) is 33.0 Å². The van der Waals surface area contributed by atoms with Gasteiger partial charge in [-0.1, -0.05) is 18.0 Å². The molecule has 612 valence electrons. The number of phosphoric acid groups is 4. The predicted molar refractivity (Wildman–Crippen MR) is 372 cm³/mol. The summed E-state index contributed by atoms with van der Waals surface area (Å²) in [6, 6.07) is 11.9. The van der Waals surface area contributed by atoms with Crippen LogP contribution in [0, 0.1) is 0 Å². The molecule has 50 heteroatoms. The van der Waals surface area contributed by atoms with E-state index in [0.717, 1.165) is 126 Å². The van der Waals surface area contributed by atoms with Crippen LogP contribution in [0.4, 0.5) is 0 Å². The molecule has 0 saturated carbocycles. The van der Waals surface area contributed by atoms with E-state index in [4.69, 9.17) is 87.8 Å². The number of H-pyrrole nitrogens is 4. The average molecular weight is 1660 g/mol. The van der Waals surface area contributed by atoms with Crippen molar-refractivity contribution < 1.29 is 131 Å². The number of aromatic amines is 4. The Hall–Kier alpha value is -7.60. The summed E-state index contributed by atoms with van der Waals surface area (Å²) in [5.41, 5.74) is -5.57. The molecule has 0 bridgehead atoms. The molecule has 5 unspecified atom stereocenters. The molecule has 0 amide bonds. The highest BCUT2D eigenvalue weighted by Gasteiger charge is 2.56. The second-order valence-corrected chi connectivity index (χ2v) is 31.4. The minimum Gasteiger partial charge on any atom is -0.423 e. The van der Waals surface area contributed by atoms with E-state index in [2.05, 4.69) is 5.16 Å². The number of aliphatic hydroxyl groups excluding tert-OH is 1. The molecule has 12 rings (SSSR count). The third-order valence-electron chi connectivity index (χ3n) is 18.6. The van der Waals surface area contributed by atoms with Crippen LogP contribution in [0.2, 0.25) is 0 Å². The molecule has 4 aliphatic heterocycles. The molecule has 4 fully saturated rings. The highest BCUT2D eigenvalue weighted by molar-refractivity contribution is 7.48. The van der Waals surface area contributed by atoms with E-state index < -0.39 is 213 Å². The Morgan fingerprint density at radius 2 is 0.884 bits per heavy atom. The first kappa shape index (κ1) is 83.8. The normalized spacial score (nSPS) is 29.0. The molecule has 21 atom stereocenters. The first-order valence-corrected chi connectivity index (χ1v) is 40.3. The van der Waals surface area contributed by atoms with Crippen molar-refractivity contribution in [3.8, 4) is 11.3 Å². The molecular formula is C62H77N9O37P4. The van der Waals surface area contributed by atoms with E-state index in [-0.39, 0.29) is 19.6 Å². The lowest BCUT2D eigenvalue weighted by Crippen LogP contribution is -2.41. The van der Waals surface area contributed by atoms with Crippen LogP contribution in [0.15, 0.2) is 131 Å². The van der Waals surface area contributed by atoms with Gasteiger partial charge in [-0.05, 0) is 56.4 Å². The van der Waals surface area contributed by atoms with Gasteiger partial charge < -0.3 is 76.3 Å². The highest BCUT2D eigenvalue weighted by atomic mass is 31.2. The number of aromatic nitrogens is 9. The Kier molecular flexibility index (Phi) is 26.7. The van der Waals surface area contributed by atoms with Crippen molar-refractivity contribution >= 4 is 42.3 Å². The number of phosphoric ester groups is 4. The monoisotopic (exact) mass is 1660 g/mol. The van der Waals surface area contributed by atoms with Crippen molar-refractivity contribution in [2.75, 3.05) is 68.1 Å². The van der Waals surface area contributed by atoms with Crippen LogP contribution in [0.3, 0.4) is 0 Å². The maximum absolute atomic E-state index is 14.4. The maximum atomic E-state index is 14.4. The van der Waals surface area contributed by atoms with Crippen LogP contribution in [-0.2, 0) is 104 Å². The van der Waals surface area contributed by atoms with E-state index in [1.54, 1.807) is 18.2 Å². The molecule has 1 aromatic carbocycles. The largest absolute Gasteiger partial charge is 0.472 e. The van der Waals surface area contributed by atoms with Crippen LogP contribution >= 0.6 is 31.3 Å². The zero-order valence-electron chi connectivity index (χ0n) is 59.3. The summed E-state index contributed by atoms with van der Waals surface area (Å²) in [6.45, 7) is -4.70. The Bertz CT molecular complexity index is 5270. The number of hydrogen-bond acceptors (Lipinski definition) is 34. The van der Waals surface area contributed by atoms with Gasteiger partial charge in [0.15, 0.2) is 30.7 Å². The molecule has 10 heterocycles. The smallest absolute Gasteiger partial charge is 0.423 e. The van der Waals surface area contributed by atoms with Gasteiger partial charge in [0, 0.05) is 107 Å². The van der Waals surface area contributed by atoms with E-state index >= 15 is 0 Å². The fourth-order valence-corrected chi connectivity index (χ4v) is 17.1. The molecule has 6 aromatic heterocycles. The fraction of sp³-hybridized carbons (Fsp3) is 0.548. The first-order valence-electron chi connectivity index (χ1n) is 34.3. The number of fused-ring (bicyclic) bond motifs is 2. The van der Waals surface area contributed by atoms with E-state index in [9.17, 15) is 86.1 Å². The fourth-order valence-electron chi connectivity index (χ4n) is 13.4. The van der Waals surface area contributed by atoms with Crippen LogP contribution in [0.1, 0.15) is 80.9 Å². The van der Waals surface area contributed by atoms with Crippen LogP contribution in [0.5, 0.6) is 0 Å². The molecular weight excluding hydrogens is 1590 g/mol. The summed E-state index contributed by atoms with van der Waals surface area (Å²) in [6.07, 6.45) is -20.2. The second-order valence-electron chi connectivity index (χ2n) is 25.8. The molecule has 4 saturated heterocycles. The van der Waals surface area contributed by atoms with Crippen molar-refractivity contribution in [3.63, 3.8) is 0 Å². The molecule has 0 radical (unpaired) electrons. The van der Waals surface area contributed by atoms with E-state index in [1.165, 1.54) is 6.07 Å². The number of nitrogens with one attached hydrogen (secondary N) is 4. The Morgan fingerprint density at radius 1 is 0.473 bits per heavy atom. The zero-order chi connectivity index (χ0) is 80.1. The van der Waals surface area contributed by atoms with Gasteiger partial charge in [-0.25, -0.2) is 42.2 Å². The van der Waals surface area contributed by atoms with Gasteiger partial charge in [-0.15, -0.1) is 0 Å². The lowest BCUT2D eigenvalue weighted by Gasteiger charge is -2.28. The Balaban J connectivity index is 0.718. The zero-order valence-corrected chi connectivity index (χ0v) is 62.9. The third kappa shape index (κ3) is 19.5. The number of methoxy groups -OCH3 is 4. The van der Waals surface area contributed by atoms with Gasteiger partial charge in [-0.2, -0.15) is 0 Å². The number of hydrogen-bond donors (Lipinski definition) is 9. The van der Waals surface area contributed by atoms with Crippen molar-refractivity contribution in [1.82, 2.24) is 43.4 Å². The molecule has 0 spiro atoms. The minimum atomic E-state index is -5.78. The standard InChI is InChI=1S/C62H77N9O37P4/c1-90-51-46(77)36(101-55(51)68-20-16-40(72)63-59(68)78)27-97-110(84,85)106-49-38(103-57(53(49)92-3)70-22-18-42(74)65-61(70)80)29-99-112(88,89)108-50-39(104-58(54(50)93-4)71-23-19-43(75)66-62(71)81)30-98-111(86,87)107-48-37(102-56(52(48)91-2)69-21-17-41(73)64-60(69)79)28-96-109(82,83)95-25-9-8-24-94-35-11-7-5-6-10-33-45(67-105-47(33)35)32-12-14-34-31(26-32)13-15-44(76)100-34/h12-23,26,35-39,46,48-58,77H,5-11,24-25,27-30H2,1-4H3,(H,82,83)(H,84,85)(H,86,87)(H,88,89)(H,63,72,78)(H,64,73,79)(H,65,74,80)(H,66,75,81)/t35?,36-,37-,38-,39-,46-,48-,49-,50-,51-,52-,53-,54-,55-,56-,57-,58-/m1/s1. The molecule has 1 aliphatic carbocycles. The second kappa shape index (κ2) is 35.6. The lowest BCUT2D eigenvalue weighted by atomic mass is 9.93. The Morgan fingerprint density at radius 3 is 1.32 bits per heavy atom.